The van der Waals surface area contributed by atoms with Crippen molar-refractivity contribution in [3.8, 4) is 11.5 Å². The molecule has 0 spiro atoms. The molecule has 0 radical (unpaired) electrons. The van der Waals surface area contributed by atoms with Gasteiger partial charge in [-0.2, -0.15) is 0 Å². The third-order valence-electron chi connectivity index (χ3n) is 5.06. The molecule has 1 saturated carbocycles. The topological polar surface area (TPSA) is 70.5 Å². The number of benzene rings is 1. The summed E-state index contributed by atoms with van der Waals surface area (Å²) in [5.74, 6) is 3.39. The summed E-state index contributed by atoms with van der Waals surface area (Å²) in [5, 5.41) is 6.58. The molecule has 7 nitrogen and oxygen atoms in total. The average molecular weight is 369 g/mol. The molecule has 0 saturated heterocycles. The van der Waals surface area contributed by atoms with Gasteiger partial charge in [0.2, 0.25) is 0 Å². The first kappa shape index (κ1) is 17.7. The summed E-state index contributed by atoms with van der Waals surface area (Å²) < 4.78 is 11.7. The maximum Gasteiger partial charge on any atom is 0.161 e. The summed E-state index contributed by atoms with van der Waals surface area (Å²) in [4.78, 5) is 11.2. The van der Waals surface area contributed by atoms with E-state index in [-0.39, 0.29) is 0 Å². The van der Waals surface area contributed by atoms with E-state index in [9.17, 15) is 0 Å². The highest BCUT2D eigenvalue weighted by molar-refractivity contribution is 6.07. The second kappa shape index (κ2) is 7.90. The molecule has 7 heteroatoms. The van der Waals surface area contributed by atoms with E-state index in [1.807, 2.05) is 12.4 Å². The van der Waals surface area contributed by atoms with Crippen LogP contribution in [0, 0.1) is 0 Å². The maximum absolute atomic E-state index is 6.22. The lowest BCUT2D eigenvalue weighted by atomic mass is 10.1. The fourth-order valence-electron chi connectivity index (χ4n) is 3.73. The van der Waals surface area contributed by atoms with E-state index in [0.717, 1.165) is 53.8 Å². The third-order valence-corrected chi connectivity index (χ3v) is 5.06. The standard InChI is InChI=1S/C20H27N5O2/c1-3-21-19-18-20(23-12-22-18)25(13-24-19)11-14-8-9-16(26-2)17(10-14)27-15-6-4-5-7-15/h8-10,13,15,21-22H,3-7,11-12H2,1-2H3. The maximum atomic E-state index is 6.22. The van der Waals surface area contributed by atoms with Gasteiger partial charge < -0.3 is 25.0 Å². The quantitative estimate of drug-likeness (QED) is 0.773. The normalized spacial score (nSPS) is 19.0. The molecule has 27 heavy (non-hydrogen) atoms. The smallest absolute Gasteiger partial charge is 0.161 e. The van der Waals surface area contributed by atoms with Crippen LogP contribution in [-0.4, -0.2) is 43.5 Å². The van der Waals surface area contributed by atoms with Gasteiger partial charge in [0.15, 0.2) is 23.2 Å². The lowest BCUT2D eigenvalue weighted by Gasteiger charge is -2.25. The summed E-state index contributed by atoms with van der Waals surface area (Å²) in [6, 6.07) is 6.13. The Morgan fingerprint density at radius 3 is 2.89 bits per heavy atom. The number of rotatable bonds is 7. The number of hydrogen-bond acceptors (Lipinski definition) is 7. The van der Waals surface area contributed by atoms with E-state index < -0.39 is 0 Å². The van der Waals surface area contributed by atoms with Gasteiger partial charge in [-0.25, -0.2) is 9.98 Å². The van der Waals surface area contributed by atoms with Crippen LogP contribution in [0.15, 0.2) is 39.7 Å². The fourth-order valence-corrected chi connectivity index (χ4v) is 3.73. The molecule has 2 heterocycles. The Morgan fingerprint density at radius 2 is 2.11 bits per heavy atom. The van der Waals surface area contributed by atoms with E-state index in [1.54, 1.807) is 7.11 Å². The zero-order valence-corrected chi connectivity index (χ0v) is 16.0. The van der Waals surface area contributed by atoms with Crippen molar-refractivity contribution in [2.24, 2.45) is 9.98 Å². The Hall–Kier alpha value is -2.70. The average Bonchev–Trinajstić information content (AvgIpc) is 3.36. The highest BCUT2D eigenvalue weighted by Crippen LogP contribution is 2.33. The Morgan fingerprint density at radius 1 is 1.26 bits per heavy atom. The van der Waals surface area contributed by atoms with Gasteiger partial charge in [-0.15, -0.1) is 0 Å². The monoisotopic (exact) mass is 369 g/mol. The van der Waals surface area contributed by atoms with Crippen LogP contribution < -0.4 is 20.1 Å². The second-order valence-corrected chi connectivity index (χ2v) is 6.95. The second-order valence-electron chi connectivity index (χ2n) is 6.95. The lowest BCUT2D eigenvalue weighted by molar-refractivity contribution is 0.200. The van der Waals surface area contributed by atoms with Crippen LogP contribution in [-0.2, 0) is 6.54 Å². The van der Waals surface area contributed by atoms with Crippen molar-refractivity contribution in [3.63, 3.8) is 0 Å². The lowest BCUT2D eigenvalue weighted by Crippen LogP contribution is -2.37. The van der Waals surface area contributed by atoms with Gasteiger partial charge in [-0.1, -0.05) is 6.07 Å². The first-order chi connectivity index (χ1) is 13.3. The first-order valence-corrected chi connectivity index (χ1v) is 9.69. The van der Waals surface area contributed by atoms with E-state index in [1.165, 1.54) is 12.8 Å². The number of fused-ring (bicyclic) bond motifs is 1. The SMILES string of the molecule is CCNC1=C2NCN=C2N(Cc2ccc(OC)c(OC3CCCC3)c2)C=N1. The number of nitrogens with one attached hydrogen (secondary N) is 2. The van der Waals surface area contributed by atoms with E-state index in [2.05, 4.69) is 44.6 Å². The van der Waals surface area contributed by atoms with Crippen LogP contribution in [0.2, 0.25) is 0 Å². The van der Waals surface area contributed by atoms with Gasteiger partial charge in [-0.3, -0.25) is 0 Å². The molecule has 4 rings (SSSR count). The Labute approximate surface area is 160 Å². The van der Waals surface area contributed by atoms with Crippen molar-refractivity contribution in [1.29, 1.82) is 0 Å². The fraction of sp³-hybridized carbons (Fsp3) is 0.500. The summed E-state index contributed by atoms with van der Waals surface area (Å²) >= 11 is 0. The van der Waals surface area contributed by atoms with Crippen molar-refractivity contribution in [2.45, 2.75) is 45.3 Å². The highest BCUT2D eigenvalue weighted by Gasteiger charge is 2.26. The number of amidine groups is 1. The predicted molar refractivity (Wildman–Crippen MR) is 106 cm³/mol. The highest BCUT2D eigenvalue weighted by atomic mass is 16.5. The zero-order valence-electron chi connectivity index (χ0n) is 16.0. The van der Waals surface area contributed by atoms with Crippen molar-refractivity contribution >= 4 is 12.2 Å². The van der Waals surface area contributed by atoms with Gasteiger partial charge >= 0.3 is 0 Å². The van der Waals surface area contributed by atoms with Crippen LogP contribution in [0.25, 0.3) is 0 Å². The molecular formula is C20H27N5O2. The van der Waals surface area contributed by atoms with Crippen LogP contribution >= 0.6 is 0 Å². The van der Waals surface area contributed by atoms with Crippen molar-refractivity contribution < 1.29 is 9.47 Å². The molecule has 1 aromatic carbocycles. The Bertz CT molecular complexity index is 781. The minimum atomic E-state index is 0.298. The molecule has 1 aliphatic carbocycles. The van der Waals surface area contributed by atoms with Crippen molar-refractivity contribution in [2.75, 3.05) is 20.3 Å². The molecule has 1 aromatic rings. The summed E-state index contributed by atoms with van der Waals surface area (Å²) in [5.41, 5.74) is 2.10. The van der Waals surface area contributed by atoms with Crippen molar-refractivity contribution in [1.82, 2.24) is 15.5 Å². The van der Waals surface area contributed by atoms with Gasteiger partial charge in [0.05, 0.1) is 26.1 Å². The van der Waals surface area contributed by atoms with Gasteiger partial charge in [-0.05, 0) is 50.3 Å². The number of ether oxygens (including phenoxy) is 2. The molecule has 1 fully saturated rings. The molecule has 0 amide bonds. The van der Waals surface area contributed by atoms with Crippen molar-refractivity contribution in [3.05, 3.63) is 35.3 Å². The Kier molecular flexibility index (Phi) is 5.18. The molecule has 2 N–H and O–H groups in total. The minimum Gasteiger partial charge on any atom is -0.493 e. The van der Waals surface area contributed by atoms with Crippen LogP contribution in [0.4, 0.5) is 0 Å². The van der Waals surface area contributed by atoms with Gasteiger partial charge in [0.25, 0.3) is 0 Å². The summed E-state index contributed by atoms with van der Waals surface area (Å²) in [7, 11) is 1.69. The van der Waals surface area contributed by atoms with Crippen LogP contribution in [0.5, 0.6) is 11.5 Å². The molecular weight excluding hydrogens is 342 g/mol. The number of methoxy groups -OCH3 is 1. The molecule has 144 valence electrons. The zero-order chi connectivity index (χ0) is 18.6. The largest absolute Gasteiger partial charge is 0.493 e. The minimum absolute atomic E-state index is 0.298. The van der Waals surface area contributed by atoms with E-state index >= 15 is 0 Å². The van der Waals surface area contributed by atoms with Crippen LogP contribution in [0.1, 0.15) is 38.2 Å². The molecule has 2 aliphatic heterocycles. The van der Waals surface area contributed by atoms with Gasteiger partial charge in [0, 0.05) is 6.54 Å². The first-order valence-electron chi connectivity index (χ1n) is 9.69. The van der Waals surface area contributed by atoms with Crippen LogP contribution in [0.3, 0.4) is 0 Å². The predicted octanol–water partition coefficient (Wildman–Crippen LogP) is 2.60. The number of nitrogens with zero attached hydrogens (tertiary/aromatic N) is 3. The number of hydrogen-bond donors (Lipinski definition) is 2. The molecule has 0 bridgehead atoms. The summed E-state index contributed by atoms with van der Waals surface area (Å²) in [6.07, 6.45) is 6.87. The molecule has 0 atom stereocenters. The van der Waals surface area contributed by atoms with E-state index in [0.29, 0.717) is 19.3 Å². The van der Waals surface area contributed by atoms with E-state index in [4.69, 9.17) is 9.47 Å². The Balaban J connectivity index is 1.52. The molecule has 0 aromatic heterocycles. The number of aliphatic imine (C=N–C) groups is 2. The molecule has 3 aliphatic rings. The van der Waals surface area contributed by atoms with Gasteiger partial charge in [0.1, 0.15) is 12.4 Å². The molecule has 0 unspecified atom stereocenters. The summed E-state index contributed by atoms with van der Waals surface area (Å²) in [6.45, 7) is 4.14. The third kappa shape index (κ3) is 3.72.